The third-order valence-corrected chi connectivity index (χ3v) is 4.13. The van der Waals surface area contributed by atoms with E-state index in [-0.39, 0.29) is 18.8 Å². The first-order valence-electron chi connectivity index (χ1n) is 8.68. The number of nitrogens with one attached hydrogen (secondary N) is 1. The minimum atomic E-state index is -2.52. The van der Waals surface area contributed by atoms with Gasteiger partial charge in [0.2, 0.25) is 5.92 Å². The van der Waals surface area contributed by atoms with Crippen LogP contribution in [-0.4, -0.2) is 18.0 Å². The largest absolute Gasteiger partial charge is 0.497 e. The van der Waals surface area contributed by atoms with Gasteiger partial charge in [0, 0.05) is 31.0 Å². The molecule has 0 saturated heterocycles. The lowest BCUT2D eigenvalue weighted by Crippen LogP contribution is -2.34. The first-order chi connectivity index (χ1) is 11.9. The quantitative estimate of drug-likeness (QED) is 0.769. The Labute approximate surface area is 148 Å². The van der Waals surface area contributed by atoms with Gasteiger partial charge in [-0.3, -0.25) is 0 Å². The summed E-state index contributed by atoms with van der Waals surface area (Å²) in [5.41, 5.74) is 2.89. The van der Waals surface area contributed by atoms with Crippen LogP contribution in [0.4, 0.5) is 14.6 Å². The Morgan fingerprint density at radius 1 is 1.16 bits per heavy atom. The molecule has 1 heterocycles. The van der Waals surface area contributed by atoms with Crippen LogP contribution < -0.4 is 10.1 Å². The molecule has 0 unspecified atom stereocenters. The molecule has 1 aliphatic carbocycles. The second-order valence-electron chi connectivity index (χ2n) is 6.12. The van der Waals surface area contributed by atoms with Crippen LogP contribution in [0.3, 0.4) is 0 Å². The molecule has 1 aromatic carbocycles. The zero-order valence-electron chi connectivity index (χ0n) is 15.3. The van der Waals surface area contributed by atoms with Gasteiger partial charge < -0.3 is 10.1 Å². The maximum Gasteiger partial charge on any atom is 0.249 e. The van der Waals surface area contributed by atoms with Crippen molar-refractivity contribution in [2.24, 2.45) is 0 Å². The summed E-state index contributed by atoms with van der Waals surface area (Å²) in [6.45, 7) is 6.58. The van der Waals surface area contributed by atoms with Crippen LogP contribution in [-0.2, 0) is 6.54 Å². The molecule has 0 aliphatic heterocycles. The van der Waals surface area contributed by atoms with Crippen molar-refractivity contribution >= 4 is 5.82 Å². The third-order valence-electron chi connectivity index (χ3n) is 4.13. The van der Waals surface area contributed by atoms with E-state index in [1.54, 1.807) is 7.11 Å². The van der Waals surface area contributed by atoms with Crippen molar-refractivity contribution in [1.82, 2.24) is 4.98 Å². The summed E-state index contributed by atoms with van der Waals surface area (Å²) in [5.74, 6) is -1.11. The Morgan fingerprint density at radius 3 is 2.36 bits per heavy atom. The highest BCUT2D eigenvalue weighted by atomic mass is 19.3. The topological polar surface area (TPSA) is 34.1 Å². The molecule has 1 fully saturated rings. The lowest BCUT2D eigenvalue weighted by molar-refractivity contribution is -0.0875. The molecular formula is C20H26F2N2O. The Morgan fingerprint density at radius 2 is 1.80 bits per heavy atom. The van der Waals surface area contributed by atoms with Crippen LogP contribution in [0.1, 0.15) is 49.4 Å². The van der Waals surface area contributed by atoms with E-state index in [1.165, 1.54) is 0 Å². The SMILES string of the molecule is CC.COc1ccc(CNc2cc(C)cc(C3CC(F)(F)C3)n2)cc1. The molecule has 5 heteroatoms. The predicted octanol–water partition coefficient (Wildman–Crippen LogP) is 5.55. The van der Waals surface area contributed by atoms with Gasteiger partial charge in [0.25, 0.3) is 0 Å². The molecule has 1 aliphatic rings. The number of methoxy groups -OCH3 is 1. The van der Waals surface area contributed by atoms with Gasteiger partial charge in [-0.15, -0.1) is 0 Å². The monoisotopic (exact) mass is 348 g/mol. The van der Waals surface area contributed by atoms with E-state index in [0.29, 0.717) is 6.54 Å². The highest BCUT2D eigenvalue weighted by molar-refractivity contribution is 5.41. The zero-order chi connectivity index (χ0) is 18.4. The standard InChI is InChI=1S/C18H20F2N2O.C2H6/c1-12-7-16(14-9-18(19,20)10-14)22-17(8-12)21-11-13-3-5-15(23-2)6-4-13;1-2/h3-8,14H,9-11H2,1-2H3,(H,21,22);1-2H3. The summed E-state index contributed by atoms with van der Waals surface area (Å²) >= 11 is 0. The molecule has 25 heavy (non-hydrogen) atoms. The van der Waals surface area contributed by atoms with Gasteiger partial charge in [0.15, 0.2) is 0 Å². The number of benzene rings is 1. The fourth-order valence-corrected chi connectivity index (χ4v) is 2.80. The molecule has 0 spiro atoms. The summed E-state index contributed by atoms with van der Waals surface area (Å²) < 4.78 is 31.2. The van der Waals surface area contributed by atoms with Crippen LogP contribution in [0, 0.1) is 6.92 Å². The Kier molecular flexibility index (Phi) is 6.34. The van der Waals surface area contributed by atoms with Crippen LogP contribution in [0.5, 0.6) is 5.75 Å². The minimum Gasteiger partial charge on any atom is -0.497 e. The minimum absolute atomic E-state index is 0.0959. The van der Waals surface area contributed by atoms with Gasteiger partial charge in [-0.25, -0.2) is 13.8 Å². The number of aromatic nitrogens is 1. The fraction of sp³-hybridized carbons (Fsp3) is 0.450. The number of alkyl halides is 2. The van der Waals surface area contributed by atoms with Gasteiger partial charge in [0.1, 0.15) is 11.6 Å². The van der Waals surface area contributed by atoms with Crippen molar-refractivity contribution in [3.63, 3.8) is 0 Å². The molecule has 3 nitrogen and oxygen atoms in total. The number of nitrogens with zero attached hydrogens (tertiary/aromatic N) is 1. The Hall–Kier alpha value is -2.17. The average molecular weight is 348 g/mol. The highest BCUT2D eigenvalue weighted by Gasteiger charge is 2.46. The van der Waals surface area contributed by atoms with Crippen molar-refractivity contribution in [3.8, 4) is 5.75 Å². The lowest BCUT2D eigenvalue weighted by atomic mass is 9.79. The number of anilines is 1. The molecule has 136 valence electrons. The Balaban J connectivity index is 0.00000109. The van der Waals surface area contributed by atoms with E-state index in [1.807, 2.05) is 57.2 Å². The molecule has 0 amide bonds. The molecule has 0 bridgehead atoms. The van der Waals surface area contributed by atoms with Crippen LogP contribution in [0.15, 0.2) is 36.4 Å². The number of hydrogen-bond acceptors (Lipinski definition) is 3. The zero-order valence-corrected chi connectivity index (χ0v) is 15.3. The number of hydrogen-bond donors (Lipinski definition) is 1. The van der Waals surface area contributed by atoms with Crippen molar-refractivity contribution in [3.05, 3.63) is 53.2 Å². The summed E-state index contributed by atoms with van der Waals surface area (Å²) in [6, 6.07) is 11.6. The van der Waals surface area contributed by atoms with Crippen molar-refractivity contribution < 1.29 is 13.5 Å². The van der Waals surface area contributed by atoms with E-state index in [9.17, 15) is 8.78 Å². The summed E-state index contributed by atoms with van der Waals surface area (Å²) in [6.07, 6.45) is -0.192. The van der Waals surface area contributed by atoms with Crippen LogP contribution in [0.2, 0.25) is 0 Å². The first kappa shape index (κ1) is 19.2. The summed E-state index contributed by atoms with van der Waals surface area (Å²) in [7, 11) is 1.63. The Bertz CT molecular complexity index is 679. The second-order valence-corrected chi connectivity index (χ2v) is 6.12. The third kappa shape index (κ3) is 5.15. The van der Waals surface area contributed by atoms with Crippen LogP contribution in [0.25, 0.3) is 0 Å². The predicted molar refractivity (Wildman–Crippen MR) is 97.6 cm³/mol. The average Bonchev–Trinajstić information content (AvgIpc) is 2.59. The van der Waals surface area contributed by atoms with Gasteiger partial charge >= 0.3 is 0 Å². The summed E-state index contributed by atoms with van der Waals surface area (Å²) in [4.78, 5) is 4.50. The number of ether oxygens (including phenoxy) is 1. The molecule has 1 saturated carbocycles. The molecule has 1 aromatic heterocycles. The highest BCUT2D eigenvalue weighted by Crippen LogP contribution is 2.47. The summed E-state index contributed by atoms with van der Waals surface area (Å²) in [5, 5.41) is 3.26. The fourth-order valence-electron chi connectivity index (χ4n) is 2.80. The van der Waals surface area contributed by atoms with Gasteiger partial charge in [-0.2, -0.15) is 0 Å². The normalized spacial score (nSPS) is 15.6. The second kappa shape index (κ2) is 8.28. The number of aryl methyl sites for hydroxylation is 1. The molecule has 0 atom stereocenters. The van der Waals surface area contributed by atoms with Gasteiger partial charge in [-0.1, -0.05) is 26.0 Å². The van der Waals surface area contributed by atoms with E-state index in [2.05, 4.69) is 10.3 Å². The van der Waals surface area contributed by atoms with E-state index < -0.39 is 5.92 Å². The van der Waals surface area contributed by atoms with Gasteiger partial charge in [0.05, 0.1) is 7.11 Å². The van der Waals surface area contributed by atoms with E-state index in [4.69, 9.17) is 4.74 Å². The maximum atomic E-state index is 13.1. The number of pyridine rings is 1. The first-order valence-corrected chi connectivity index (χ1v) is 8.68. The van der Waals surface area contributed by atoms with E-state index >= 15 is 0 Å². The van der Waals surface area contributed by atoms with E-state index in [0.717, 1.165) is 28.4 Å². The van der Waals surface area contributed by atoms with Crippen LogP contribution >= 0.6 is 0 Å². The molecular weight excluding hydrogens is 322 g/mol. The molecule has 2 aromatic rings. The number of halogens is 2. The smallest absolute Gasteiger partial charge is 0.249 e. The number of rotatable bonds is 5. The van der Waals surface area contributed by atoms with Crippen molar-refractivity contribution in [2.75, 3.05) is 12.4 Å². The van der Waals surface area contributed by atoms with Crippen molar-refractivity contribution in [1.29, 1.82) is 0 Å². The van der Waals surface area contributed by atoms with Crippen molar-refractivity contribution in [2.45, 2.75) is 52.0 Å². The molecule has 0 radical (unpaired) electrons. The molecule has 1 N–H and O–H groups in total. The molecule has 3 rings (SSSR count). The lowest BCUT2D eigenvalue weighted by Gasteiger charge is -2.34. The van der Waals surface area contributed by atoms with Gasteiger partial charge in [-0.05, 0) is 42.3 Å². The maximum absolute atomic E-state index is 13.1.